The second-order valence-corrected chi connectivity index (χ2v) is 6.73. The van der Waals surface area contributed by atoms with Gasteiger partial charge in [0.15, 0.2) is 0 Å². The molecule has 130 valence electrons. The van der Waals surface area contributed by atoms with Crippen molar-refractivity contribution >= 4 is 28.6 Å². The van der Waals surface area contributed by atoms with Crippen LogP contribution in [-0.4, -0.2) is 17.5 Å². The second kappa shape index (κ2) is 8.17. The van der Waals surface area contributed by atoms with Crippen molar-refractivity contribution in [2.75, 3.05) is 0 Å². The lowest BCUT2D eigenvalue weighted by molar-refractivity contribution is -0.120. The van der Waals surface area contributed by atoms with Gasteiger partial charge < -0.3 is 10.1 Å². The summed E-state index contributed by atoms with van der Waals surface area (Å²) in [6.07, 6.45) is 0.137. The predicted molar refractivity (Wildman–Crippen MR) is 94.1 cm³/mol. The molecule has 1 amide bonds. The lowest BCUT2D eigenvalue weighted by Gasteiger charge is -2.11. The summed E-state index contributed by atoms with van der Waals surface area (Å²) < 4.78 is 29.2. The van der Waals surface area contributed by atoms with Gasteiger partial charge in [0.2, 0.25) is 5.91 Å². The summed E-state index contributed by atoms with van der Waals surface area (Å²) in [6, 6.07) is 8.36. The Morgan fingerprint density at radius 1 is 1.24 bits per heavy atom. The molecule has 0 aliphatic carbocycles. The number of rotatable bonds is 7. The summed E-state index contributed by atoms with van der Waals surface area (Å²) in [7, 11) is 0. The van der Waals surface area contributed by atoms with Crippen molar-refractivity contribution < 1.29 is 18.3 Å². The summed E-state index contributed by atoms with van der Waals surface area (Å²) >= 11 is 3.08. The average molecular weight is 380 g/mol. The normalized spacial score (nSPS) is 10.8. The Kier molecular flexibility index (Phi) is 5.72. The maximum absolute atomic E-state index is 12.4. The summed E-state index contributed by atoms with van der Waals surface area (Å²) in [5.41, 5.74) is 2.22. The molecule has 0 aliphatic heterocycles. The quantitative estimate of drug-likeness (QED) is 0.664. The smallest absolute Gasteiger partial charge is 0.387 e. The van der Waals surface area contributed by atoms with Crippen molar-refractivity contribution in [3.63, 3.8) is 0 Å². The van der Waals surface area contributed by atoms with Crippen LogP contribution >= 0.6 is 22.7 Å². The Balaban J connectivity index is 1.57. The first-order valence-electron chi connectivity index (χ1n) is 7.38. The van der Waals surface area contributed by atoms with Gasteiger partial charge >= 0.3 is 6.61 Å². The highest BCUT2D eigenvalue weighted by atomic mass is 32.1. The number of hydrogen-bond donors (Lipinski definition) is 1. The summed E-state index contributed by atoms with van der Waals surface area (Å²) in [4.78, 5) is 16.5. The molecule has 2 aromatic heterocycles. The lowest BCUT2D eigenvalue weighted by Crippen LogP contribution is -2.25. The van der Waals surface area contributed by atoms with Crippen LogP contribution in [-0.2, 0) is 17.8 Å². The third-order valence-corrected chi connectivity index (χ3v) is 4.95. The van der Waals surface area contributed by atoms with E-state index >= 15 is 0 Å². The summed E-state index contributed by atoms with van der Waals surface area (Å²) in [5.74, 6) is -0.166. The maximum Gasteiger partial charge on any atom is 0.387 e. The van der Waals surface area contributed by atoms with Crippen molar-refractivity contribution in [3.05, 3.63) is 57.7 Å². The van der Waals surface area contributed by atoms with Crippen LogP contribution in [0.5, 0.6) is 5.75 Å². The van der Waals surface area contributed by atoms with Crippen molar-refractivity contribution in [1.82, 2.24) is 10.3 Å². The van der Waals surface area contributed by atoms with E-state index < -0.39 is 6.61 Å². The van der Waals surface area contributed by atoms with Crippen LogP contribution in [0.3, 0.4) is 0 Å². The standard InChI is InChI=1S/C17H14F2N2O2S2/c18-17(19)23-14-4-2-1-3-11(14)8-20-15(22)7-13-10-25-16(21-13)12-5-6-24-9-12/h1-6,9-10,17H,7-8H2,(H,20,22). The zero-order valence-corrected chi connectivity index (χ0v) is 14.6. The summed E-state index contributed by atoms with van der Waals surface area (Å²) in [5, 5.41) is 9.41. The molecule has 3 aromatic rings. The Morgan fingerprint density at radius 2 is 2.08 bits per heavy atom. The molecular weight excluding hydrogens is 366 g/mol. The molecule has 25 heavy (non-hydrogen) atoms. The van der Waals surface area contributed by atoms with Gasteiger partial charge in [-0.15, -0.1) is 11.3 Å². The molecule has 0 bridgehead atoms. The molecule has 3 rings (SSSR count). The molecule has 0 atom stereocenters. The summed E-state index contributed by atoms with van der Waals surface area (Å²) in [6.45, 7) is -2.79. The molecule has 1 aromatic carbocycles. The van der Waals surface area contributed by atoms with Gasteiger partial charge in [-0.1, -0.05) is 18.2 Å². The lowest BCUT2D eigenvalue weighted by atomic mass is 10.2. The molecular formula is C17H14F2N2O2S2. The highest BCUT2D eigenvalue weighted by Crippen LogP contribution is 2.26. The highest BCUT2D eigenvalue weighted by Gasteiger charge is 2.12. The number of nitrogens with one attached hydrogen (secondary N) is 1. The van der Waals surface area contributed by atoms with Crippen molar-refractivity contribution in [2.45, 2.75) is 19.6 Å². The molecule has 0 saturated heterocycles. The molecule has 0 aliphatic rings. The number of thiophene rings is 1. The number of carbonyl (C=O) groups excluding carboxylic acids is 1. The van der Waals surface area contributed by atoms with Crippen LogP contribution in [0.2, 0.25) is 0 Å². The van der Waals surface area contributed by atoms with E-state index in [2.05, 4.69) is 15.0 Å². The number of hydrogen-bond acceptors (Lipinski definition) is 5. The fraction of sp³-hybridized carbons (Fsp3) is 0.176. The number of aromatic nitrogens is 1. The van der Waals surface area contributed by atoms with Crippen LogP contribution in [0.15, 0.2) is 46.5 Å². The van der Waals surface area contributed by atoms with Crippen LogP contribution in [0.4, 0.5) is 8.78 Å². The third-order valence-electron chi connectivity index (χ3n) is 3.33. The Bertz CT molecular complexity index is 835. The van der Waals surface area contributed by atoms with Gasteiger partial charge in [0.05, 0.1) is 12.1 Å². The molecule has 2 heterocycles. The molecule has 0 saturated carbocycles. The first kappa shape index (κ1) is 17.5. The van der Waals surface area contributed by atoms with E-state index in [4.69, 9.17) is 0 Å². The van der Waals surface area contributed by atoms with E-state index in [1.807, 2.05) is 22.2 Å². The SMILES string of the molecule is O=C(Cc1csc(-c2ccsc2)n1)NCc1ccccc1OC(F)F. The van der Waals surface area contributed by atoms with E-state index in [1.165, 1.54) is 17.4 Å². The molecule has 1 N–H and O–H groups in total. The fourth-order valence-electron chi connectivity index (χ4n) is 2.19. The number of carbonyl (C=O) groups is 1. The van der Waals surface area contributed by atoms with Crippen LogP contribution in [0, 0.1) is 0 Å². The van der Waals surface area contributed by atoms with E-state index in [-0.39, 0.29) is 24.6 Å². The monoisotopic (exact) mass is 380 g/mol. The number of halogens is 2. The van der Waals surface area contributed by atoms with Gasteiger partial charge in [0.25, 0.3) is 0 Å². The van der Waals surface area contributed by atoms with Gasteiger partial charge in [0, 0.05) is 28.4 Å². The Labute approximate surface area is 151 Å². The van der Waals surface area contributed by atoms with Crippen LogP contribution < -0.4 is 10.1 Å². The van der Waals surface area contributed by atoms with E-state index in [9.17, 15) is 13.6 Å². The van der Waals surface area contributed by atoms with E-state index in [0.29, 0.717) is 11.3 Å². The molecule has 8 heteroatoms. The first-order chi connectivity index (χ1) is 12.1. The number of nitrogens with zero attached hydrogens (tertiary/aromatic N) is 1. The van der Waals surface area contributed by atoms with Gasteiger partial charge in [-0.3, -0.25) is 4.79 Å². The molecule has 4 nitrogen and oxygen atoms in total. The van der Waals surface area contributed by atoms with Crippen molar-refractivity contribution in [3.8, 4) is 16.3 Å². The number of alkyl halides is 2. The molecule has 0 radical (unpaired) electrons. The van der Waals surface area contributed by atoms with E-state index in [1.54, 1.807) is 29.5 Å². The number of para-hydroxylation sites is 1. The average Bonchev–Trinajstić information content (AvgIpc) is 3.24. The first-order valence-corrected chi connectivity index (χ1v) is 9.20. The molecule has 0 fully saturated rings. The minimum absolute atomic E-state index is 0.0613. The minimum atomic E-state index is -2.90. The number of ether oxygens (including phenoxy) is 1. The zero-order valence-electron chi connectivity index (χ0n) is 12.9. The fourth-order valence-corrected chi connectivity index (χ4v) is 3.72. The molecule has 0 unspecified atom stereocenters. The topological polar surface area (TPSA) is 51.2 Å². The molecule has 0 spiro atoms. The highest BCUT2D eigenvalue weighted by molar-refractivity contribution is 7.14. The maximum atomic E-state index is 12.4. The number of benzene rings is 1. The van der Waals surface area contributed by atoms with Crippen LogP contribution in [0.25, 0.3) is 10.6 Å². The van der Waals surface area contributed by atoms with Crippen molar-refractivity contribution in [1.29, 1.82) is 0 Å². The number of thiazole rings is 1. The minimum Gasteiger partial charge on any atom is -0.434 e. The van der Waals surface area contributed by atoms with Crippen molar-refractivity contribution in [2.24, 2.45) is 0 Å². The Hall–Kier alpha value is -2.32. The van der Waals surface area contributed by atoms with Gasteiger partial charge in [-0.25, -0.2) is 4.98 Å². The van der Waals surface area contributed by atoms with Crippen LogP contribution in [0.1, 0.15) is 11.3 Å². The Morgan fingerprint density at radius 3 is 2.84 bits per heavy atom. The van der Waals surface area contributed by atoms with Gasteiger partial charge in [-0.2, -0.15) is 20.1 Å². The number of amides is 1. The zero-order chi connectivity index (χ0) is 17.6. The predicted octanol–water partition coefficient (Wildman–Crippen LogP) is 4.33. The van der Waals surface area contributed by atoms with E-state index in [0.717, 1.165) is 10.6 Å². The second-order valence-electron chi connectivity index (χ2n) is 5.10. The van der Waals surface area contributed by atoms with Gasteiger partial charge in [0.1, 0.15) is 10.8 Å². The largest absolute Gasteiger partial charge is 0.434 e. The third kappa shape index (κ3) is 4.83. The van der Waals surface area contributed by atoms with Gasteiger partial charge in [-0.05, 0) is 17.5 Å².